The van der Waals surface area contributed by atoms with Crippen molar-refractivity contribution in [3.63, 3.8) is 0 Å². The number of rotatable bonds is 4. The first-order valence-electron chi connectivity index (χ1n) is 6.23. The molecule has 0 saturated heterocycles. The molecule has 0 radical (unpaired) electrons. The summed E-state index contributed by atoms with van der Waals surface area (Å²) in [6.07, 6.45) is 1.58. The van der Waals surface area contributed by atoms with Gasteiger partial charge in [0.15, 0.2) is 5.58 Å². The Morgan fingerprint density at radius 3 is 2.80 bits per heavy atom. The molecule has 20 heavy (non-hydrogen) atoms. The van der Waals surface area contributed by atoms with Gasteiger partial charge in [0, 0.05) is 18.7 Å². The minimum Gasteiger partial charge on any atom is -0.497 e. The first-order valence-corrected chi connectivity index (χ1v) is 6.23. The summed E-state index contributed by atoms with van der Waals surface area (Å²) in [6, 6.07) is 11.0. The van der Waals surface area contributed by atoms with E-state index in [2.05, 4.69) is 10.3 Å². The molecular weight excluding hydrogens is 256 g/mol. The molecule has 1 amide bonds. The Morgan fingerprint density at radius 1 is 1.30 bits per heavy atom. The van der Waals surface area contributed by atoms with Crippen LogP contribution in [0.4, 0.5) is 0 Å². The maximum Gasteiger partial charge on any atom is 0.268 e. The highest BCUT2D eigenvalue weighted by Gasteiger charge is 2.10. The summed E-state index contributed by atoms with van der Waals surface area (Å²) in [6.45, 7) is 0.462. The topological polar surface area (TPSA) is 67.3 Å². The number of fused-ring (bicyclic) bond motifs is 1. The number of hydrogen-bond acceptors (Lipinski definition) is 3. The smallest absolute Gasteiger partial charge is 0.268 e. The van der Waals surface area contributed by atoms with E-state index in [0.29, 0.717) is 17.8 Å². The zero-order valence-corrected chi connectivity index (χ0v) is 11.0. The number of methoxy groups -OCH3 is 1. The fourth-order valence-electron chi connectivity index (χ4n) is 1.99. The Balaban J connectivity index is 1.65. The maximum absolute atomic E-state index is 12.0. The van der Waals surface area contributed by atoms with E-state index in [1.165, 1.54) is 0 Å². The number of aromatic nitrogens is 1. The number of furan rings is 1. The highest BCUT2D eigenvalue weighted by Crippen LogP contribution is 2.16. The fourth-order valence-corrected chi connectivity index (χ4v) is 1.99. The molecule has 102 valence electrons. The highest BCUT2D eigenvalue weighted by molar-refractivity contribution is 5.96. The SMILES string of the molecule is COc1ccc(CNC(=O)c2cc3occc3[nH]2)cc1. The van der Waals surface area contributed by atoms with Crippen molar-refractivity contribution in [2.75, 3.05) is 7.11 Å². The third-order valence-electron chi connectivity index (χ3n) is 3.10. The van der Waals surface area contributed by atoms with Crippen LogP contribution in [-0.4, -0.2) is 18.0 Å². The molecule has 5 nitrogen and oxygen atoms in total. The maximum atomic E-state index is 12.0. The minimum atomic E-state index is -0.160. The molecule has 1 aromatic carbocycles. The van der Waals surface area contributed by atoms with Gasteiger partial charge in [0.1, 0.15) is 11.4 Å². The number of nitrogens with one attached hydrogen (secondary N) is 2. The van der Waals surface area contributed by atoms with Crippen LogP contribution in [0.3, 0.4) is 0 Å². The molecule has 5 heteroatoms. The lowest BCUT2D eigenvalue weighted by Crippen LogP contribution is -2.23. The first-order chi connectivity index (χ1) is 9.76. The summed E-state index contributed by atoms with van der Waals surface area (Å²) in [7, 11) is 1.62. The van der Waals surface area contributed by atoms with Gasteiger partial charge in [-0.05, 0) is 17.7 Å². The molecule has 0 aliphatic rings. The molecule has 0 saturated carbocycles. The zero-order valence-electron chi connectivity index (χ0n) is 11.0. The van der Waals surface area contributed by atoms with Gasteiger partial charge in [0.2, 0.25) is 0 Å². The van der Waals surface area contributed by atoms with Crippen molar-refractivity contribution in [2.45, 2.75) is 6.54 Å². The second-order valence-electron chi connectivity index (χ2n) is 4.41. The van der Waals surface area contributed by atoms with E-state index < -0.39 is 0 Å². The normalized spacial score (nSPS) is 10.7. The number of carbonyl (C=O) groups excluding carboxylic acids is 1. The molecule has 3 aromatic rings. The molecule has 0 aliphatic carbocycles. The van der Waals surface area contributed by atoms with E-state index >= 15 is 0 Å². The summed E-state index contributed by atoms with van der Waals surface area (Å²) in [4.78, 5) is 15.0. The molecule has 2 aromatic heterocycles. The average Bonchev–Trinajstić information content (AvgIpc) is 3.06. The van der Waals surface area contributed by atoms with Crippen LogP contribution in [0.25, 0.3) is 11.1 Å². The number of benzene rings is 1. The van der Waals surface area contributed by atoms with E-state index in [-0.39, 0.29) is 5.91 Å². The summed E-state index contributed by atoms with van der Waals surface area (Å²) >= 11 is 0. The third-order valence-corrected chi connectivity index (χ3v) is 3.10. The van der Waals surface area contributed by atoms with Gasteiger partial charge in [0.05, 0.1) is 18.9 Å². The predicted molar refractivity (Wildman–Crippen MR) is 74.7 cm³/mol. The number of aromatic amines is 1. The van der Waals surface area contributed by atoms with Crippen LogP contribution in [0.15, 0.2) is 47.1 Å². The third kappa shape index (κ3) is 2.38. The number of ether oxygens (including phenoxy) is 1. The average molecular weight is 270 g/mol. The van der Waals surface area contributed by atoms with E-state index in [1.54, 1.807) is 25.5 Å². The van der Waals surface area contributed by atoms with Gasteiger partial charge in [-0.2, -0.15) is 0 Å². The monoisotopic (exact) mass is 270 g/mol. The van der Waals surface area contributed by atoms with Crippen LogP contribution < -0.4 is 10.1 Å². The van der Waals surface area contributed by atoms with Crippen LogP contribution in [0.1, 0.15) is 16.1 Å². The van der Waals surface area contributed by atoms with Crippen molar-refractivity contribution in [3.05, 3.63) is 53.9 Å². The summed E-state index contributed by atoms with van der Waals surface area (Å²) in [5, 5.41) is 2.85. The largest absolute Gasteiger partial charge is 0.497 e. The van der Waals surface area contributed by atoms with Gasteiger partial charge in [0.25, 0.3) is 5.91 Å². The van der Waals surface area contributed by atoms with Gasteiger partial charge in [-0.25, -0.2) is 0 Å². The Morgan fingerprint density at radius 2 is 2.10 bits per heavy atom. The summed E-state index contributed by atoms with van der Waals surface area (Å²) in [5.74, 6) is 0.636. The van der Waals surface area contributed by atoms with Crippen molar-refractivity contribution < 1.29 is 13.9 Å². The van der Waals surface area contributed by atoms with Crippen LogP contribution in [0.5, 0.6) is 5.75 Å². The van der Waals surface area contributed by atoms with Crippen molar-refractivity contribution in [1.29, 1.82) is 0 Å². The van der Waals surface area contributed by atoms with Crippen LogP contribution in [0, 0.1) is 0 Å². The van der Waals surface area contributed by atoms with Crippen LogP contribution in [-0.2, 0) is 6.54 Å². The number of amides is 1. The first kappa shape index (κ1) is 12.3. The Labute approximate surface area is 115 Å². The minimum absolute atomic E-state index is 0.160. The standard InChI is InChI=1S/C15H14N2O3/c1-19-11-4-2-10(3-5-11)9-16-15(18)13-8-14-12(17-13)6-7-20-14/h2-8,17H,9H2,1H3,(H,16,18). The molecule has 2 N–H and O–H groups in total. The quantitative estimate of drug-likeness (QED) is 0.766. The Bertz CT molecular complexity index is 697. The van der Waals surface area contributed by atoms with Gasteiger partial charge < -0.3 is 19.5 Å². The summed E-state index contributed by atoms with van der Waals surface area (Å²) < 4.78 is 10.3. The number of hydrogen-bond donors (Lipinski definition) is 2. The zero-order chi connectivity index (χ0) is 13.9. The lowest BCUT2D eigenvalue weighted by molar-refractivity contribution is 0.0946. The predicted octanol–water partition coefficient (Wildman–Crippen LogP) is 2.70. The fraction of sp³-hybridized carbons (Fsp3) is 0.133. The molecule has 0 aliphatic heterocycles. The molecule has 0 atom stereocenters. The molecular formula is C15H14N2O3. The molecule has 0 unspecified atom stereocenters. The van der Waals surface area contributed by atoms with Gasteiger partial charge in [-0.1, -0.05) is 12.1 Å². The van der Waals surface area contributed by atoms with E-state index in [0.717, 1.165) is 16.8 Å². The van der Waals surface area contributed by atoms with E-state index in [9.17, 15) is 4.79 Å². The number of H-pyrrole nitrogens is 1. The van der Waals surface area contributed by atoms with Crippen LogP contribution in [0.2, 0.25) is 0 Å². The van der Waals surface area contributed by atoms with E-state index in [4.69, 9.17) is 9.15 Å². The van der Waals surface area contributed by atoms with Crippen molar-refractivity contribution >= 4 is 17.0 Å². The van der Waals surface area contributed by atoms with Crippen molar-refractivity contribution in [2.24, 2.45) is 0 Å². The number of carbonyl (C=O) groups is 1. The van der Waals surface area contributed by atoms with E-state index in [1.807, 2.05) is 24.3 Å². The lowest BCUT2D eigenvalue weighted by atomic mass is 10.2. The highest BCUT2D eigenvalue weighted by atomic mass is 16.5. The van der Waals surface area contributed by atoms with Gasteiger partial charge in [-0.15, -0.1) is 0 Å². The van der Waals surface area contributed by atoms with Crippen molar-refractivity contribution in [3.8, 4) is 5.75 Å². The lowest BCUT2D eigenvalue weighted by Gasteiger charge is -2.05. The Kier molecular flexibility index (Phi) is 3.16. The Hall–Kier alpha value is -2.69. The van der Waals surface area contributed by atoms with Gasteiger partial charge in [-0.3, -0.25) is 4.79 Å². The second-order valence-corrected chi connectivity index (χ2v) is 4.41. The molecule has 2 heterocycles. The van der Waals surface area contributed by atoms with Gasteiger partial charge >= 0.3 is 0 Å². The summed E-state index contributed by atoms with van der Waals surface area (Å²) in [5.41, 5.74) is 3.00. The van der Waals surface area contributed by atoms with Crippen molar-refractivity contribution in [1.82, 2.24) is 10.3 Å². The second kappa shape index (κ2) is 5.13. The molecule has 0 spiro atoms. The van der Waals surface area contributed by atoms with Crippen LogP contribution >= 0.6 is 0 Å². The molecule has 0 fully saturated rings. The molecule has 0 bridgehead atoms. The molecule has 3 rings (SSSR count).